The molecule has 0 unspecified atom stereocenters. The molecule has 15 heteroatoms. The second kappa shape index (κ2) is 14.9. The lowest BCUT2D eigenvalue weighted by Gasteiger charge is -2.23. The van der Waals surface area contributed by atoms with Gasteiger partial charge in [0.05, 0.1) is 28.7 Å². The van der Waals surface area contributed by atoms with Gasteiger partial charge in [0.15, 0.2) is 0 Å². The minimum atomic E-state index is -0.998. The number of unbranched alkanes of at least 4 members (excludes halogenated alkanes) is 1. The zero-order valence-corrected chi connectivity index (χ0v) is 29.3. The second-order valence-corrected chi connectivity index (χ2v) is 13.3. The van der Waals surface area contributed by atoms with Crippen LogP contribution < -0.4 is 27.4 Å². The van der Waals surface area contributed by atoms with Crippen molar-refractivity contribution in [1.82, 2.24) is 40.4 Å². The minimum absolute atomic E-state index is 0.0867. The molecular formula is C38H42N10O5. The van der Waals surface area contributed by atoms with Crippen molar-refractivity contribution in [3.05, 3.63) is 77.9 Å². The van der Waals surface area contributed by atoms with E-state index in [1.54, 1.807) is 12.4 Å². The van der Waals surface area contributed by atoms with Gasteiger partial charge in [-0.05, 0) is 44.4 Å². The number of imidazole rings is 1. The topological polar surface area (TPSA) is 226 Å². The first kappa shape index (κ1) is 35.3. The maximum Gasteiger partial charge on any atom is 0.262 e. The Bertz CT molecular complexity index is 2380. The van der Waals surface area contributed by atoms with Crippen LogP contribution in [-0.4, -0.2) is 92.7 Å². The van der Waals surface area contributed by atoms with Gasteiger partial charge >= 0.3 is 0 Å². The lowest BCUT2D eigenvalue weighted by atomic mass is 9.97. The van der Waals surface area contributed by atoms with E-state index in [2.05, 4.69) is 35.5 Å². The first-order valence-electron chi connectivity index (χ1n) is 17.8. The summed E-state index contributed by atoms with van der Waals surface area (Å²) in [7, 11) is 1.51. The van der Waals surface area contributed by atoms with Crippen LogP contribution in [0.2, 0.25) is 0 Å². The van der Waals surface area contributed by atoms with Gasteiger partial charge in [-0.15, -0.1) is 0 Å². The van der Waals surface area contributed by atoms with Crippen molar-refractivity contribution in [3.63, 3.8) is 0 Å². The van der Waals surface area contributed by atoms with E-state index in [0.29, 0.717) is 61.1 Å². The Hall–Kier alpha value is -6.06. The van der Waals surface area contributed by atoms with Gasteiger partial charge < -0.3 is 42.0 Å². The van der Waals surface area contributed by atoms with E-state index in [1.165, 1.54) is 11.9 Å². The van der Waals surface area contributed by atoms with Crippen molar-refractivity contribution in [2.24, 2.45) is 11.5 Å². The molecule has 0 spiro atoms. The van der Waals surface area contributed by atoms with Crippen LogP contribution in [-0.2, 0) is 27.3 Å². The van der Waals surface area contributed by atoms with Crippen LogP contribution in [0.5, 0.6) is 0 Å². The molecule has 53 heavy (non-hydrogen) atoms. The third kappa shape index (κ3) is 6.49. The van der Waals surface area contributed by atoms with Crippen LogP contribution in [0.25, 0.3) is 43.6 Å². The summed E-state index contributed by atoms with van der Waals surface area (Å²) in [5, 5.41) is 11.6. The Morgan fingerprint density at radius 2 is 1.60 bits per heavy atom. The fourth-order valence-corrected chi connectivity index (χ4v) is 7.40. The smallest absolute Gasteiger partial charge is 0.262 e. The van der Waals surface area contributed by atoms with Crippen molar-refractivity contribution >= 4 is 73.1 Å². The number of nitrogens with zero attached hydrogens (tertiary/aromatic N) is 3. The monoisotopic (exact) mass is 718 g/mol. The van der Waals surface area contributed by atoms with Gasteiger partial charge in [0.25, 0.3) is 11.8 Å². The number of benzene rings is 3. The van der Waals surface area contributed by atoms with Crippen molar-refractivity contribution in [2.45, 2.75) is 50.7 Å². The molecule has 0 aliphatic carbocycles. The number of rotatable bonds is 15. The predicted molar refractivity (Wildman–Crippen MR) is 201 cm³/mol. The van der Waals surface area contributed by atoms with Gasteiger partial charge in [0.1, 0.15) is 17.9 Å². The first-order valence-corrected chi connectivity index (χ1v) is 17.8. The number of nitrogens with two attached hydrogens (primary N) is 2. The number of hydrogen-bond donors (Lipinski definition) is 7. The highest BCUT2D eigenvalue weighted by atomic mass is 16.2. The molecule has 3 aromatic heterocycles. The van der Waals surface area contributed by atoms with Gasteiger partial charge in [-0.25, -0.2) is 4.98 Å². The summed E-state index contributed by atoms with van der Waals surface area (Å²) in [5.41, 5.74) is 15.4. The molecule has 0 saturated carbocycles. The lowest BCUT2D eigenvalue weighted by molar-refractivity contribution is -0.132. The van der Waals surface area contributed by atoms with E-state index in [-0.39, 0.29) is 37.2 Å². The molecular weight excluding hydrogens is 676 g/mol. The maximum absolute atomic E-state index is 13.7. The van der Waals surface area contributed by atoms with Crippen LogP contribution in [0.3, 0.4) is 0 Å². The van der Waals surface area contributed by atoms with Gasteiger partial charge in [-0.3, -0.25) is 28.9 Å². The molecule has 274 valence electrons. The second-order valence-electron chi connectivity index (χ2n) is 13.3. The molecule has 0 fully saturated rings. The van der Waals surface area contributed by atoms with Gasteiger partial charge in [-0.1, -0.05) is 36.4 Å². The number of H-pyrrole nitrogens is 2. The normalized spacial score (nSPS) is 14.0. The summed E-state index contributed by atoms with van der Waals surface area (Å²) in [6, 6.07) is 13.7. The molecule has 2 atom stereocenters. The summed E-state index contributed by atoms with van der Waals surface area (Å²) >= 11 is 0. The fraction of sp³-hybridized carbons (Fsp3) is 0.316. The molecule has 0 radical (unpaired) electrons. The number of carbonyl (C=O) groups excluding carboxylic acids is 5. The van der Waals surface area contributed by atoms with Crippen molar-refractivity contribution < 1.29 is 24.0 Å². The molecule has 3 aromatic carbocycles. The fourth-order valence-electron chi connectivity index (χ4n) is 7.40. The molecule has 1 aliphatic rings. The molecule has 0 bridgehead atoms. The summed E-state index contributed by atoms with van der Waals surface area (Å²) in [6.07, 6.45) is 5.40. The van der Waals surface area contributed by atoms with Crippen molar-refractivity contribution in [3.8, 4) is 0 Å². The minimum Gasteiger partial charge on any atom is -0.354 e. The Morgan fingerprint density at radius 1 is 0.868 bits per heavy atom. The van der Waals surface area contributed by atoms with Crippen LogP contribution in [0, 0.1) is 0 Å². The Balaban J connectivity index is 1.15. The number of aromatic amines is 2. The van der Waals surface area contributed by atoms with Crippen LogP contribution >= 0.6 is 0 Å². The molecule has 6 aromatic rings. The number of aromatic nitrogens is 4. The SMILES string of the molecule is CN1C(=O)c2c(c3c4ccccc4n(CCCNC(=O)[C@H](CCCCN)NC(=O)[C@H](Cc4ncc[nH]4)NC(=O)CN)c3c3[nH]c4ccccc4c23)C1=O. The Kier molecular flexibility index (Phi) is 9.93. The van der Waals surface area contributed by atoms with E-state index in [0.717, 1.165) is 38.2 Å². The highest BCUT2D eigenvalue weighted by Gasteiger charge is 2.39. The summed E-state index contributed by atoms with van der Waals surface area (Å²) < 4.78 is 2.14. The standard InChI is InChI=1S/C38H42N10O5/c1-47-37(52)31-29-21-9-2-4-11-23(21)45-33(29)34-30(32(31)38(47)53)22-10-3-5-13-26(22)48(34)18-8-15-43-35(50)24(12-6-7-14-39)46-36(51)25(44-28(49)20-40)19-27-41-16-17-42-27/h2-5,9-11,13,16-17,24-25,45H,6-8,12,14-15,18-20,39-40H2,1H3,(H,41,42)(H,43,50)(H,44,49)(H,46,51)/t24-,25-/m0/s1. The van der Waals surface area contributed by atoms with Gasteiger partial charge in [0, 0.05) is 71.5 Å². The molecule has 9 N–H and O–H groups in total. The average molecular weight is 719 g/mol. The third-order valence-electron chi connectivity index (χ3n) is 9.93. The molecule has 5 amide bonds. The molecule has 0 saturated heterocycles. The number of para-hydroxylation sites is 2. The van der Waals surface area contributed by atoms with E-state index in [9.17, 15) is 24.0 Å². The number of nitrogens with one attached hydrogen (secondary N) is 5. The number of fused-ring (bicyclic) bond motifs is 10. The van der Waals surface area contributed by atoms with E-state index < -0.39 is 23.9 Å². The third-order valence-corrected chi connectivity index (χ3v) is 9.93. The van der Waals surface area contributed by atoms with Gasteiger partial charge in [-0.2, -0.15) is 0 Å². The van der Waals surface area contributed by atoms with Crippen LogP contribution in [0.15, 0.2) is 60.9 Å². The quantitative estimate of drug-likeness (QED) is 0.0614. The highest BCUT2D eigenvalue weighted by molar-refractivity contribution is 6.39. The summed E-state index contributed by atoms with van der Waals surface area (Å²) in [6.45, 7) is 0.911. The lowest BCUT2D eigenvalue weighted by Crippen LogP contribution is -2.55. The zero-order valence-electron chi connectivity index (χ0n) is 29.3. The molecule has 7 rings (SSSR count). The van der Waals surface area contributed by atoms with E-state index >= 15 is 0 Å². The number of imide groups is 1. The number of aryl methyl sites for hydroxylation is 1. The van der Waals surface area contributed by atoms with Gasteiger partial charge in [0.2, 0.25) is 17.7 Å². The number of amides is 5. The molecule has 4 heterocycles. The summed E-state index contributed by atoms with van der Waals surface area (Å²) in [4.78, 5) is 78.3. The Morgan fingerprint density at radius 3 is 2.34 bits per heavy atom. The first-order chi connectivity index (χ1) is 25.7. The van der Waals surface area contributed by atoms with E-state index in [1.807, 2.05) is 48.5 Å². The van der Waals surface area contributed by atoms with Crippen LogP contribution in [0.1, 0.15) is 52.2 Å². The van der Waals surface area contributed by atoms with E-state index in [4.69, 9.17) is 11.5 Å². The zero-order chi connectivity index (χ0) is 37.2. The highest BCUT2D eigenvalue weighted by Crippen LogP contribution is 2.44. The maximum atomic E-state index is 13.7. The molecule has 1 aliphatic heterocycles. The predicted octanol–water partition coefficient (Wildman–Crippen LogP) is 2.18. The van der Waals surface area contributed by atoms with Crippen molar-refractivity contribution in [1.29, 1.82) is 0 Å². The largest absolute Gasteiger partial charge is 0.354 e. The average Bonchev–Trinajstić information content (AvgIpc) is 3.94. The number of hydrogen-bond acceptors (Lipinski definition) is 8. The molecule has 15 nitrogen and oxygen atoms in total. The Labute approximate surface area is 303 Å². The number of carbonyl (C=O) groups is 5. The van der Waals surface area contributed by atoms with Crippen molar-refractivity contribution in [2.75, 3.05) is 26.7 Å². The van der Waals surface area contributed by atoms with Crippen LogP contribution in [0.4, 0.5) is 0 Å². The summed E-state index contributed by atoms with van der Waals surface area (Å²) in [5.74, 6) is -1.58.